The van der Waals surface area contributed by atoms with Crippen LogP contribution in [0, 0.1) is 5.82 Å². The van der Waals surface area contributed by atoms with Gasteiger partial charge in [-0.25, -0.2) is 4.39 Å². The van der Waals surface area contributed by atoms with Crippen molar-refractivity contribution >= 4 is 11.6 Å². The Morgan fingerprint density at radius 3 is 2.58 bits per heavy atom. The van der Waals surface area contributed by atoms with Gasteiger partial charge in [-0.2, -0.15) is 0 Å². The van der Waals surface area contributed by atoms with Crippen molar-refractivity contribution in [1.82, 2.24) is 5.32 Å². The lowest BCUT2D eigenvalue weighted by molar-refractivity contribution is 0.478. The average Bonchev–Trinajstić information content (AvgIpc) is 2.42. The smallest absolute Gasteiger partial charge is 0.142 e. The van der Waals surface area contributed by atoms with E-state index in [1.54, 1.807) is 6.07 Å². The molecule has 100 valence electrons. The van der Waals surface area contributed by atoms with Crippen molar-refractivity contribution in [2.45, 2.75) is 13.0 Å². The van der Waals surface area contributed by atoms with Crippen LogP contribution < -0.4 is 10.1 Å². The van der Waals surface area contributed by atoms with Crippen molar-refractivity contribution in [3.8, 4) is 11.5 Å². The summed E-state index contributed by atoms with van der Waals surface area (Å²) in [6.07, 6.45) is 0. The molecule has 0 fully saturated rings. The number of nitrogens with one attached hydrogen (secondary N) is 1. The minimum Gasteiger partial charge on any atom is -0.457 e. The summed E-state index contributed by atoms with van der Waals surface area (Å²) in [6, 6.07) is 12.3. The fraction of sp³-hybridized carbons (Fsp3) is 0.200. The Bertz CT molecular complexity index is 574. The largest absolute Gasteiger partial charge is 0.457 e. The van der Waals surface area contributed by atoms with Crippen molar-refractivity contribution in [2.75, 3.05) is 7.05 Å². The molecule has 0 aliphatic carbocycles. The monoisotopic (exact) mass is 279 g/mol. The van der Waals surface area contributed by atoms with Crippen molar-refractivity contribution in [3.63, 3.8) is 0 Å². The van der Waals surface area contributed by atoms with Gasteiger partial charge in [-0.3, -0.25) is 0 Å². The molecule has 0 bridgehead atoms. The predicted molar refractivity (Wildman–Crippen MR) is 75.4 cm³/mol. The van der Waals surface area contributed by atoms with Crippen LogP contribution in [0.4, 0.5) is 4.39 Å². The van der Waals surface area contributed by atoms with E-state index in [0.29, 0.717) is 11.5 Å². The number of hydrogen-bond donors (Lipinski definition) is 1. The van der Waals surface area contributed by atoms with Crippen LogP contribution in [-0.2, 0) is 0 Å². The van der Waals surface area contributed by atoms with Crippen molar-refractivity contribution in [1.29, 1.82) is 0 Å². The van der Waals surface area contributed by atoms with Crippen LogP contribution in [0.5, 0.6) is 11.5 Å². The normalized spacial score (nSPS) is 12.2. The third-order valence-corrected chi connectivity index (χ3v) is 3.21. The minimum atomic E-state index is -0.452. The molecule has 0 aliphatic rings. The first-order chi connectivity index (χ1) is 9.10. The molecule has 0 saturated carbocycles. The van der Waals surface area contributed by atoms with Gasteiger partial charge in [-0.05, 0) is 43.8 Å². The number of halogens is 2. The van der Waals surface area contributed by atoms with Crippen LogP contribution in [0.2, 0.25) is 5.02 Å². The Morgan fingerprint density at radius 2 is 1.89 bits per heavy atom. The first-order valence-electron chi connectivity index (χ1n) is 6.00. The summed E-state index contributed by atoms with van der Waals surface area (Å²) in [7, 11) is 1.90. The third-order valence-electron chi connectivity index (χ3n) is 2.92. The van der Waals surface area contributed by atoms with E-state index in [1.807, 2.05) is 31.3 Å². The molecule has 1 unspecified atom stereocenters. The van der Waals surface area contributed by atoms with E-state index in [2.05, 4.69) is 12.2 Å². The van der Waals surface area contributed by atoms with Gasteiger partial charge in [-0.15, -0.1) is 0 Å². The molecular formula is C15H15ClFNO. The molecule has 2 nitrogen and oxygen atoms in total. The Hall–Kier alpha value is -1.58. The van der Waals surface area contributed by atoms with E-state index in [0.717, 1.165) is 5.56 Å². The van der Waals surface area contributed by atoms with Crippen molar-refractivity contribution in [2.24, 2.45) is 0 Å². The van der Waals surface area contributed by atoms with Gasteiger partial charge in [-0.1, -0.05) is 23.7 Å². The number of rotatable bonds is 4. The summed E-state index contributed by atoms with van der Waals surface area (Å²) >= 11 is 5.72. The lowest BCUT2D eigenvalue weighted by atomic mass is 10.1. The molecule has 0 spiro atoms. The molecule has 1 N–H and O–H groups in total. The second-order valence-electron chi connectivity index (χ2n) is 4.26. The van der Waals surface area contributed by atoms with Gasteiger partial charge in [0.05, 0.1) is 5.02 Å². The lowest BCUT2D eigenvalue weighted by Crippen LogP contribution is -2.11. The van der Waals surface area contributed by atoms with Gasteiger partial charge < -0.3 is 10.1 Å². The van der Waals surface area contributed by atoms with Crippen LogP contribution in [0.3, 0.4) is 0 Å². The summed E-state index contributed by atoms with van der Waals surface area (Å²) in [4.78, 5) is 0. The van der Waals surface area contributed by atoms with Crippen LogP contribution in [0.1, 0.15) is 18.5 Å². The Balaban J connectivity index is 2.20. The van der Waals surface area contributed by atoms with Gasteiger partial charge in [0, 0.05) is 12.1 Å². The second kappa shape index (κ2) is 6.04. The first kappa shape index (κ1) is 13.8. The molecular weight excluding hydrogens is 265 g/mol. The number of ether oxygens (including phenoxy) is 1. The molecule has 0 amide bonds. The third kappa shape index (κ3) is 3.46. The Morgan fingerprint density at radius 1 is 1.16 bits per heavy atom. The van der Waals surface area contributed by atoms with E-state index in [1.165, 1.54) is 12.1 Å². The van der Waals surface area contributed by atoms with Crippen molar-refractivity contribution in [3.05, 3.63) is 58.9 Å². The van der Waals surface area contributed by atoms with Gasteiger partial charge in [0.15, 0.2) is 0 Å². The van der Waals surface area contributed by atoms with E-state index in [4.69, 9.17) is 16.3 Å². The molecule has 0 aromatic heterocycles. The first-order valence-corrected chi connectivity index (χ1v) is 6.38. The van der Waals surface area contributed by atoms with Gasteiger partial charge >= 0.3 is 0 Å². The van der Waals surface area contributed by atoms with Crippen LogP contribution in [0.15, 0.2) is 42.5 Å². The predicted octanol–water partition coefficient (Wildman–Crippen LogP) is 4.55. The topological polar surface area (TPSA) is 21.3 Å². The van der Waals surface area contributed by atoms with E-state index < -0.39 is 5.82 Å². The zero-order chi connectivity index (χ0) is 13.8. The fourth-order valence-electron chi connectivity index (χ4n) is 1.69. The van der Waals surface area contributed by atoms with Gasteiger partial charge in [0.1, 0.15) is 17.3 Å². The molecule has 0 saturated heterocycles. The standard InChI is InChI=1S/C15H15ClFNO/c1-10(18-2)11-4-3-5-12(8-11)19-13-6-7-15(17)14(16)9-13/h3-10,18H,1-2H3. The average molecular weight is 280 g/mol. The molecule has 1 atom stereocenters. The van der Waals surface area contributed by atoms with Gasteiger partial charge in [0.2, 0.25) is 0 Å². The van der Waals surface area contributed by atoms with E-state index in [9.17, 15) is 4.39 Å². The quantitative estimate of drug-likeness (QED) is 0.886. The number of benzene rings is 2. The van der Waals surface area contributed by atoms with Crippen LogP contribution in [-0.4, -0.2) is 7.05 Å². The number of hydrogen-bond acceptors (Lipinski definition) is 2. The lowest BCUT2D eigenvalue weighted by Gasteiger charge is -2.12. The molecule has 4 heteroatoms. The zero-order valence-corrected chi connectivity index (χ0v) is 11.5. The fourth-order valence-corrected chi connectivity index (χ4v) is 1.86. The maximum atomic E-state index is 13.1. The van der Waals surface area contributed by atoms with E-state index >= 15 is 0 Å². The molecule has 19 heavy (non-hydrogen) atoms. The summed E-state index contributed by atoms with van der Waals surface area (Å²) in [5.74, 6) is 0.759. The molecule has 0 aliphatic heterocycles. The SMILES string of the molecule is CNC(C)c1cccc(Oc2ccc(F)c(Cl)c2)c1. The summed E-state index contributed by atoms with van der Waals surface area (Å²) in [5.41, 5.74) is 1.12. The maximum Gasteiger partial charge on any atom is 0.142 e. The summed E-state index contributed by atoms with van der Waals surface area (Å²) < 4.78 is 18.7. The highest BCUT2D eigenvalue weighted by atomic mass is 35.5. The van der Waals surface area contributed by atoms with Crippen LogP contribution >= 0.6 is 11.6 Å². The van der Waals surface area contributed by atoms with Crippen molar-refractivity contribution < 1.29 is 9.13 Å². The molecule has 2 aromatic rings. The Labute approximate surface area is 117 Å². The highest BCUT2D eigenvalue weighted by molar-refractivity contribution is 6.30. The summed E-state index contributed by atoms with van der Waals surface area (Å²) in [5, 5.41) is 3.22. The molecule has 0 heterocycles. The van der Waals surface area contributed by atoms with E-state index in [-0.39, 0.29) is 11.1 Å². The molecule has 0 radical (unpaired) electrons. The zero-order valence-electron chi connectivity index (χ0n) is 10.8. The maximum absolute atomic E-state index is 13.1. The van der Waals surface area contributed by atoms with Gasteiger partial charge in [0.25, 0.3) is 0 Å². The molecule has 2 rings (SSSR count). The van der Waals surface area contributed by atoms with Crippen LogP contribution in [0.25, 0.3) is 0 Å². The second-order valence-corrected chi connectivity index (χ2v) is 4.67. The molecule has 2 aromatic carbocycles. The summed E-state index contributed by atoms with van der Waals surface area (Å²) in [6.45, 7) is 2.06. The highest BCUT2D eigenvalue weighted by Crippen LogP contribution is 2.27. The Kier molecular flexibility index (Phi) is 4.40. The highest BCUT2D eigenvalue weighted by Gasteiger charge is 2.06. The minimum absolute atomic E-state index is 0.0530.